The number of halogens is 1. The van der Waals surface area contributed by atoms with Gasteiger partial charge in [-0.1, -0.05) is 36.7 Å². The third-order valence-electron chi connectivity index (χ3n) is 3.74. The second kappa shape index (κ2) is 7.15. The van der Waals surface area contributed by atoms with E-state index in [1.54, 1.807) is 7.11 Å². The Balaban J connectivity index is 2.90. The van der Waals surface area contributed by atoms with Crippen LogP contribution in [-0.2, 0) is 6.42 Å². The third-order valence-corrected chi connectivity index (χ3v) is 4.23. The highest BCUT2D eigenvalue weighted by molar-refractivity contribution is 9.10. The Morgan fingerprint density at radius 3 is 2.44 bits per heavy atom. The van der Waals surface area contributed by atoms with Crippen LogP contribution in [0.2, 0.25) is 0 Å². The molecule has 0 fully saturated rings. The van der Waals surface area contributed by atoms with Crippen molar-refractivity contribution < 1.29 is 4.74 Å². The average molecular weight is 314 g/mol. The van der Waals surface area contributed by atoms with Crippen molar-refractivity contribution in [1.29, 1.82) is 0 Å². The molecule has 0 saturated carbocycles. The Morgan fingerprint density at radius 1 is 1.28 bits per heavy atom. The molecule has 0 radical (unpaired) electrons. The summed E-state index contributed by atoms with van der Waals surface area (Å²) in [4.78, 5) is 0. The van der Waals surface area contributed by atoms with Crippen LogP contribution in [0.5, 0.6) is 5.75 Å². The normalized spacial score (nSPS) is 14.6. The number of benzene rings is 1. The molecule has 2 nitrogen and oxygen atoms in total. The van der Waals surface area contributed by atoms with Gasteiger partial charge >= 0.3 is 0 Å². The van der Waals surface area contributed by atoms with Crippen molar-refractivity contribution in [2.24, 2.45) is 11.8 Å². The summed E-state index contributed by atoms with van der Waals surface area (Å²) in [6.45, 7) is 6.84. The maximum Gasteiger partial charge on any atom is 0.122 e. The first-order chi connectivity index (χ1) is 8.49. The van der Waals surface area contributed by atoms with Crippen LogP contribution in [0.25, 0.3) is 0 Å². The molecule has 2 atom stereocenters. The van der Waals surface area contributed by atoms with Crippen molar-refractivity contribution in [2.75, 3.05) is 14.2 Å². The summed E-state index contributed by atoms with van der Waals surface area (Å²) in [5.74, 6) is 2.26. The molecular formula is C15H24BrNO. The minimum atomic E-state index is 0.466. The number of hydrogen-bond acceptors (Lipinski definition) is 2. The van der Waals surface area contributed by atoms with Crippen LogP contribution in [0.1, 0.15) is 26.3 Å². The molecule has 0 aromatic heterocycles. The highest BCUT2D eigenvalue weighted by Crippen LogP contribution is 2.26. The van der Waals surface area contributed by atoms with Crippen molar-refractivity contribution in [3.8, 4) is 5.75 Å². The second-order valence-corrected chi connectivity index (χ2v) is 6.07. The van der Waals surface area contributed by atoms with Crippen molar-refractivity contribution in [1.82, 2.24) is 5.32 Å². The van der Waals surface area contributed by atoms with Gasteiger partial charge in [0.2, 0.25) is 0 Å². The molecule has 18 heavy (non-hydrogen) atoms. The maximum atomic E-state index is 5.44. The van der Waals surface area contributed by atoms with Crippen molar-refractivity contribution in [3.05, 3.63) is 28.2 Å². The number of hydrogen-bond donors (Lipinski definition) is 1. The third kappa shape index (κ3) is 3.99. The van der Waals surface area contributed by atoms with Gasteiger partial charge in [-0.05, 0) is 49.1 Å². The molecule has 102 valence electrons. The molecule has 1 aromatic rings. The summed E-state index contributed by atoms with van der Waals surface area (Å²) < 4.78 is 6.54. The lowest BCUT2D eigenvalue weighted by Crippen LogP contribution is -2.36. The van der Waals surface area contributed by atoms with Crippen LogP contribution >= 0.6 is 15.9 Å². The fourth-order valence-electron chi connectivity index (χ4n) is 2.16. The van der Waals surface area contributed by atoms with Crippen LogP contribution in [0.4, 0.5) is 0 Å². The summed E-state index contributed by atoms with van der Waals surface area (Å²) >= 11 is 3.53. The summed E-state index contributed by atoms with van der Waals surface area (Å²) in [6, 6.07) is 6.65. The lowest BCUT2D eigenvalue weighted by atomic mass is 9.86. The van der Waals surface area contributed by atoms with E-state index < -0.39 is 0 Å². The zero-order valence-electron chi connectivity index (χ0n) is 12.0. The Labute approximate surface area is 119 Å². The maximum absolute atomic E-state index is 5.44. The monoisotopic (exact) mass is 313 g/mol. The van der Waals surface area contributed by atoms with Crippen LogP contribution in [0.3, 0.4) is 0 Å². The van der Waals surface area contributed by atoms with Crippen LogP contribution in [0.15, 0.2) is 22.7 Å². The zero-order valence-corrected chi connectivity index (χ0v) is 13.5. The molecule has 2 unspecified atom stereocenters. The molecule has 0 bridgehead atoms. The van der Waals surface area contributed by atoms with Crippen LogP contribution in [0, 0.1) is 11.8 Å². The van der Waals surface area contributed by atoms with E-state index in [1.807, 2.05) is 19.2 Å². The van der Waals surface area contributed by atoms with Crippen molar-refractivity contribution in [3.63, 3.8) is 0 Å². The predicted molar refractivity (Wildman–Crippen MR) is 81.2 cm³/mol. The molecule has 1 N–H and O–H groups in total. The van der Waals surface area contributed by atoms with E-state index in [0.29, 0.717) is 17.9 Å². The van der Waals surface area contributed by atoms with Gasteiger partial charge in [0.25, 0.3) is 0 Å². The molecular weight excluding hydrogens is 290 g/mol. The first-order valence-electron chi connectivity index (χ1n) is 6.49. The van der Waals surface area contributed by atoms with Gasteiger partial charge in [-0.2, -0.15) is 0 Å². The standard InChI is InChI=1S/C15H24BrNO/c1-10(2)11(3)14(17-4)9-12-8-13(16)6-7-15(12)18-5/h6-8,10-11,14,17H,9H2,1-5H3. The van der Waals surface area contributed by atoms with E-state index in [1.165, 1.54) is 5.56 Å². The summed E-state index contributed by atoms with van der Waals surface area (Å²) in [5, 5.41) is 3.43. The molecule has 1 rings (SSSR count). The number of methoxy groups -OCH3 is 1. The van der Waals surface area contributed by atoms with E-state index in [9.17, 15) is 0 Å². The summed E-state index contributed by atoms with van der Waals surface area (Å²) in [6.07, 6.45) is 0.985. The van der Waals surface area contributed by atoms with Gasteiger partial charge in [0, 0.05) is 10.5 Å². The summed E-state index contributed by atoms with van der Waals surface area (Å²) in [5.41, 5.74) is 1.25. The molecule has 0 saturated heterocycles. The Kier molecular flexibility index (Phi) is 6.16. The van der Waals surface area contributed by atoms with E-state index in [-0.39, 0.29) is 0 Å². The number of ether oxygens (including phenoxy) is 1. The van der Waals surface area contributed by atoms with Gasteiger partial charge in [0.1, 0.15) is 5.75 Å². The van der Waals surface area contributed by atoms with E-state index in [2.05, 4.69) is 48.1 Å². The molecule has 0 aliphatic carbocycles. The van der Waals surface area contributed by atoms with Crippen molar-refractivity contribution >= 4 is 15.9 Å². The predicted octanol–water partition coefficient (Wildman–Crippen LogP) is 3.88. The van der Waals surface area contributed by atoms with Gasteiger partial charge in [0.15, 0.2) is 0 Å². The van der Waals surface area contributed by atoms with E-state index in [4.69, 9.17) is 4.74 Å². The van der Waals surface area contributed by atoms with Gasteiger partial charge < -0.3 is 10.1 Å². The number of likely N-dealkylation sites (N-methyl/N-ethyl adjacent to an activating group) is 1. The lowest BCUT2D eigenvalue weighted by molar-refractivity contribution is 0.306. The fraction of sp³-hybridized carbons (Fsp3) is 0.600. The zero-order chi connectivity index (χ0) is 13.7. The number of rotatable bonds is 6. The van der Waals surface area contributed by atoms with Crippen LogP contribution < -0.4 is 10.1 Å². The number of nitrogens with one attached hydrogen (secondary N) is 1. The quantitative estimate of drug-likeness (QED) is 0.860. The fourth-order valence-corrected chi connectivity index (χ4v) is 2.57. The Bertz CT molecular complexity index is 379. The highest BCUT2D eigenvalue weighted by Gasteiger charge is 2.20. The molecule has 3 heteroatoms. The highest BCUT2D eigenvalue weighted by atomic mass is 79.9. The topological polar surface area (TPSA) is 21.3 Å². The molecule has 1 aromatic carbocycles. The average Bonchev–Trinajstić information content (AvgIpc) is 2.35. The van der Waals surface area contributed by atoms with Gasteiger partial charge in [-0.25, -0.2) is 0 Å². The first kappa shape index (κ1) is 15.5. The van der Waals surface area contributed by atoms with Crippen LogP contribution in [-0.4, -0.2) is 20.2 Å². The molecule has 0 amide bonds. The van der Waals surface area contributed by atoms with Crippen molar-refractivity contribution in [2.45, 2.75) is 33.2 Å². The first-order valence-corrected chi connectivity index (χ1v) is 7.28. The smallest absolute Gasteiger partial charge is 0.122 e. The minimum absolute atomic E-state index is 0.466. The minimum Gasteiger partial charge on any atom is -0.496 e. The molecule has 0 aliphatic heterocycles. The Morgan fingerprint density at radius 2 is 1.94 bits per heavy atom. The van der Waals surface area contributed by atoms with Gasteiger partial charge in [-0.15, -0.1) is 0 Å². The molecule has 0 aliphatic rings. The Hall–Kier alpha value is -0.540. The lowest BCUT2D eigenvalue weighted by Gasteiger charge is -2.27. The molecule has 0 heterocycles. The van der Waals surface area contributed by atoms with Gasteiger partial charge in [-0.3, -0.25) is 0 Å². The van der Waals surface area contributed by atoms with Gasteiger partial charge in [0.05, 0.1) is 7.11 Å². The SMILES string of the molecule is CNC(Cc1cc(Br)ccc1OC)C(C)C(C)C. The van der Waals surface area contributed by atoms with E-state index >= 15 is 0 Å². The molecule has 0 spiro atoms. The summed E-state index contributed by atoms with van der Waals surface area (Å²) in [7, 11) is 3.76. The largest absolute Gasteiger partial charge is 0.496 e. The second-order valence-electron chi connectivity index (χ2n) is 5.16. The van der Waals surface area contributed by atoms with E-state index in [0.717, 1.165) is 16.6 Å².